The Kier molecular flexibility index (Phi) is 5.59. The second-order valence-electron chi connectivity index (χ2n) is 6.81. The lowest BCUT2D eigenvalue weighted by Gasteiger charge is -2.27. The Morgan fingerprint density at radius 2 is 1.91 bits per heavy atom. The van der Waals surface area contributed by atoms with E-state index in [1.54, 1.807) is 0 Å². The van der Waals surface area contributed by atoms with E-state index in [1.807, 2.05) is 17.5 Å². The fourth-order valence-corrected chi connectivity index (χ4v) is 3.13. The summed E-state index contributed by atoms with van der Waals surface area (Å²) in [6.45, 7) is 10.7. The van der Waals surface area contributed by atoms with Crippen molar-refractivity contribution in [3.63, 3.8) is 0 Å². The van der Waals surface area contributed by atoms with Crippen LogP contribution < -0.4 is 10.2 Å². The number of aromatic nitrogens is 1. The van der Waals surface area contributed by atoms with E-state index in [4.69, 9.17) is 0 Å². The van der Waals surface area contributed by atoms with Gasteiger partial charge in [0.05, 0.1) is 5.01 Å². The molecular formula is C18H27N3S. The average Bonchev–Trinajstić information content (AvgIpc) is 2.96. The molecule has 1 aromatic carbocycles. The quantitative estimate of drug-likeness (QED) is 0.871. The van der Waals surface area contributed by atoms with Crippen LogP contribution in [0.4, 0.5) is 5.69 Å². The summed E-state index contributed by atoms with van der Waals surface area (Å²) in [4.78, 5) is 8.15. The molecule has 1 unspecified atom stereocenters. The highest BCUT2D eigenvalue weighted by molar-refractivity contribution is 7.11. The van der Waals surface area contributed by atoms with E-state index in [-0.39, 0.29) is 5.41 Å². The second kappa shape index (κ2) is 7.25. The van der Waals surface area contributed by atoms with Crippen molar-refractivity contribution in [3.05, 3.63) is 46.4 Å². The molecule has 120 valence electrons. The maximum absolute atomic E-state index is 4.54. The molecule has 0 saturated carbocycles. The first-order chi connectivity index (χ1) is 10.4. The topological polar surface area (TPSA) is 28.2 Å². The summed E-state index contributed by atoms with van der Waals surface area (Å²) in [5.41, 5.74) is 1.40. The zero-order valence-corrected chi connectivity index (χ0v) is 15.1. The van der Waals surface area contributed by atoms with Crippen LogP contribution in [0.15, 0.2) is 36.5 Å². The van der Waals surface area contributed by atoms with Crippen molar-refractivity contribution < 1.29 is 0 Å². The number of anilines is 1. The summed E-state index contributed by atoms with van der Waals surface area (Å²) in [7, 11) is 2.14. The van der Waals surface area contributed by atoms with Gasteiger partial charge in [-0.3, -0.25) is 0 Å². The highest BCUT2D eigenvalue weighted by Gasteiger charge is 2.18. The Hall–Kier alpha value is -1.39. The van der Waals surface area contributed by atoms with Crippen LogP contribution in [0, 0.1) is 0 Å². The van der Waals surface area contributed by atoms with Crippen molar-refractivity contribution in [3.8, 4) is 0 Å². The van der Waals surface area contributed by atoms with E-state index < -0.39 is 0 Å². The summed E-state index contributed by atoms with van der Waals surface area (Å²) in [5.74, 6) is 0. The van der Waals surface area contributed by atoms with Crippen LogP contribution in [0.3, 0.4) is 0 Å². The summed E-state index contributed by atoms with van der Waals surface area (Å²) in [6, 6.07) is 11.0. The van der Waals surface area contributed by atoms with Crippen molar-refractivity contribution in [2.45, 2.75) is 45.7 Å². The van der Waals surface area contributed by atoms with Gasteiger partial charge in [-0.05, 0) is 19.1 Å². The zero-order valence-electron chi connectivity index (χ0n) is 14.3. The highest BCUT2D eigenvalue weighted by Crippen LogP contribution is 2.26. The minimum Gasteiger partial charge on any atom is -0.371 e. The monoisotopic (exact) mass is 317 g/mol. The number of thiazole rings is 1. The first-order valence-corrected chi connectivity index (χ1v) is 8.63. The third kappa shape index (κ3) is 4.55. The van der Waals surface area contributed by atoms with Gasteiger partial charge in [-0.15, -0.1) is 11.3 Å². The standard InChI is InChI=1S/C18H27N3S/c1-14(21(5)15-9-7-6-8-10-15)11-19-12-16-13-20-17(22-16)18(2,3)4/h6-10,13-14,19H,11-12H2,1-5H3. The predicted octanol–water partition coefficient (Wildman–Crippen LogP) is 4.06. The minimum absolute atomic E-state index is 0.143. The molecule has 0 aliphatic rings. The highest BCUT2D eigenvalue weighted by atomic mass is 32.1. The van der Waals surface area contributed by atoms with Crippen LogP contribution in [0.25, 0.3) is 0 Å². The molecule has 0 fully saturated rings. The molecule has 0 saturated heterocycles. The maximum atomic E-state index is 4.54. The molecule has 1 heterocycles. The molecule has 3 nitrogen and oxygen atoms in total. The molecule has 0 amide bonds. The van der Waals surface area contributed by atoms with Crippen LogP contribution >= 0.6 is 11.3 Å². The number of rotatable bonds is 6. The van der Waals surface area contributed by atoms with E-state index in [2.05, 4.69) is 80.3 Å². The Bertz CT molecular complexity index is 572. The van der Waals surface area contributed by atoms with Gasteiger partial charge in [0.2, 0.25) is 0 Å². The van der Waals surface area contributed by atoms with Crippen LogP contribution in [0.1, 0.15) is 37.6 Å². The molecule has 1 N–H and O–H groups in total. The minimum atomic E-state index is 0.143. The maximum Gasteiger partial charge on any atom is 0.0981 e. The molecule has 1 atom stereocenters. The fourth-order valence-electron chi connectivity index (χ4n) is 2.19. The molecule has 4 heteroatoms. The lowest BCUT2D eigenvalue weighted by atomic mass is 9.98. The average molecular weight is 318 g/mol. The molecule has 0 bridgehead atoms. The fraction of sp³-hybridized carbons (Fsp3) is 0.500. The van der Waals surface area contributed by atoms with Gasteiger partial charge in [-0.25, -0.2) is 4.98 Å². The summed E-state index contributed by atoms with van der Waals surface area (Å²) >= 11 is 1.81. The SMILES string of the molecule is CC(CNCc1cnc(C(C)(C)C)s1)N(C)c1ccccc1. The number of nitrogens with one attached hydrogen (secondary N) is 1. The van der Waals surface area contributed by atoms with Gasteiger partial charge in [0, 0.05) is 48.4 Å². The van der Waals surface area contributed by atoms with Gasteiger partial charge >= 0.3 is 0 Å². The second-order valence-corrected chi connectivity index (χ2v) is 7.92. The molecule has 0 radical (unpaired) electrons. The zero-order chi connectivity index (χ0) is 16.2. The summed E-state index contributed by atoms with van der Waals surface area (Å²) in [5, 5.41) is 4.75. The van der Waals surface area contributed by atoms with Gasteiger partial charge in [0.25, 0.3) is 0 Å². The normalized spacial score (nSPS) is 13.1. The Balaban J connectivity index is 1.82. The smallest absolute Gasteiger partial charge is 0.0981 e. The van der Waals surface area contributed by atoms with Crippen LogP contribution in [0.5, 0.6) is 0 Å². The van der Waals surface area contributed by atoms with Crippen LogP contribution in [-0.4, -0.2) is 24.6 Å². The Morgan fingerprint density at radius 1 is 1.23 bits per heavy atom. The third-order valence-corrected chi connectivity index (χ3v) is 5.18. The molecular weight excluding hydrogens is 290 g/mol. The molecule has 0 aliphatic heterocycles. The van der Waals surface area contributed by atoms with Crippen molar-refractivity contribution >= 4 is 17.0 Å². The van der Waals surface area contributed by atoms with Crippen molar-refractivity contribution in [1.29, 1.82) is 0 Å². The van der Waals surface area contributed by atoms with Gasteiger partial charge in [0.1, 0.15) is 0 Å². The predicted molar refractivity (Wildman–Crippen MR) is 96.8 cm³/mol. The number of benzene rings is 1. The van der Waals surface area contributed by atoms with E-state index in [0.29, 0.717) is 6.04 Å². The Labute approximate surface area is 138 Å². The number of hydrogen-bond acceptors (Lipinski definition) is 4. The van der Waals surface area contributed by atoms with Gasteiger partial charge < -0.3 is 10.2 Å². The van der Waals surface area contributed by atoms with Crippen molar-refractivity contribution in [2.75, 3.05) is 18.5 Å². The first kappa shape index (κ1) is 17.0. The lowest BCUT2D eigenvalue weighted by Crippen LogP contribution is -2.37. The molecule has 1 aromatic heterocycles. The van der Waals surface area contributed by atoms with E-state index in [0.717, 1.165) is 13.1 Å². The van der Waals surface area contributed by atoms with E-state index in [1.165, 1.54) is 15.6 Å². The van der Waals surface area contributed by atoms with Gasteiger partial charge in [0.15, 0.2) is 0 Å². The number of hydrogen-bond donors (Lipinski definition) is 1. The Morgan fingerprint density at radius 3 is 2.50 bits per heavy atom. The number of para-hydroxylation sites is 1. The molecule has 2 rings (SSSR count). The molecule has 22 heavy (non-hydrogen) atoms. The summed E-state index contributed by atoms with van der Waals surface area (Å²) in [6.07, 6.45) is 2.00. The number of nitrogens with zero attached hydrogens (tertiary/aromatic N) is 2. The number of likely N-dealkylation sites (N-methyl/N-ethyl adjacent to an activating group) is 1. The van der Waals surface area contributed by atoms with Crippen molar-refractivity contribution in [1.82, 2.24) is 10.3 Å². The lowest BCUT2D eigenvalue weighted by molar-refractivity contribution is 0.585. The molecule has 2 aromatic rings. The van der Waals surface area contributed by atoms with Crippen molar-refractivity contribution in [2.24, 2.45) is 0 Å². The first-order valence-electron chi connectivity index (χ1n) is 7.81. The van der Waals surface area contributed by atoms with Gasteiger partial charge in [-0.1, -0.05) is 39.0 Å². The molecule has 0 spiro atoms. The van der Waals surface area contributed by atoms with Crippen LogP contribution in [0.2, 0.25) is 0 Å². The van der Waals surface area contributed by atoms with Crippen LogP contribution in [-0.2, 0) is 12.0 Å². The summed E-state index contributed by atoms with van der Waals surface area (Å²) < 4.78 is 0. The third-order valence-electron chi connectivity index (χ3n) is 3.76. The molecule has 0 aliphatic carbocycles. The van der Waals surface area contributed by atoms with E-state index in [9.17, 15) is 0 Å². The largest absolute Gasteiger partial charge is 0.371 e. The van der Waals surface area contributed by atoms with Gasteiger partial charge in [-0.2, -0.15) is 0 Å². The van der Waals surface area contributed by atoms with E-state index >= 15 is 0 Å².